The molecule has 0 radical (unpaired) electrons. The van der Waals surface area contributed by atoms with Gasteiger partial charge < -0.3 is 14.9 Å². The second kappa shape index (κ2) is 5.40. The molecule has 1 heterocycles. The maximum Gasteiger partial charge on any atom is 0.335 e. The second-order valence-corrected chi connectivity index (χ2v) is 5.04. The fourth-order valence-electron chi connectivity index (χ4n) is 2.41. The van der Waals surface area contributed by atoms with Gasteiger partial charge in [-0.1, -0.05) is 0 Å². The van der Waals surface area contributed by atoms with E-state index in [1.165, 1.54) is 11.3 Å². The van der Waals surface area contributed by atoms with Crippen LogP contribution in [0.4, 0.5) is 5.69 Å². The molecule has 1 aromatic carbocycles. The van der Waals surface area contributed by atoms with Crippen molar-refractivity contribution in [2.75, 3.05) is 38.6 Å². The van der Waals surface area contributed by atoms with Crippen molar-refractivity contribution in [3.05, 3.63) is 29.3 Å². The molecular weight excluding hydrogens is 228 g/mol. The number of carboxylic acids is 1. The van der Waals surface area contributed by atoms with E-state index in [2.05, 4.69) is 23.9 Å². The van der Waals surface area contributed by atoms with Gasteiger partial charge in [0.1, 0.15) is 0 Å². The summed E-state index contributed by atoms with van der Waals surface area (Å²) in [4.78, 5) is 15.4. The fraction of sp³-hybridized carbons (Fsp3) is 0.500. The van der Waals surface area contributed by atoms with Crippen molar-refractivity contribution in [1.29, 1.82) is 0 Å². The average molecular weight is 248 g/mol. The first kappa shape index (κ1) is 12.9. The first-order valence-electron chi connectivity index (χ1n) is 6.34. The highest BCUT2D eigenvalue weighted by Crippen LogP contribution is 2.28. The number of hydrogen-bond acceptors (Lipinski definition) is 3. The van der Waals surface area contributed by atoms with Gasteiger partial charge >= 0.3 is 5.97 Å². The summed E-state index contributed by atoms with van der Waals surface area (Å²) in [5.41, 5.74) is 2.77. The van der Waals surface area contributed by atoms with Crippen LogP contribution >= 0.6 is 0 Å². The first-order valence-corrected chi connectivity index (χ1v) is 6.34. The van der Waals surface area contributed by atoms with Gasteiger partial charge in [-0.15, -0.1) is 0 Å². The molecule has 1 N–H and O–H groups in total. The number of rotatable bonds is 5. The number of nitrogens with zero attached hydrogens (tertiary/aromatic N) is 2. The molecule has 2 rings (SSSR count). The maximum absolute atomic E-state index is 10.9. The van der Waals surface area contributed by atoms with Crippen LogP contribution < -0.4 is 4.90 Å². The van der Waals surface area contributed by atoms with Crippen molar-refractivity contribution in [3.63, 3.8) is 0 Å². The summed E-state index contributed by atoms with van der Waals surface area (Å²) in [5.74, 6) is -0.844. The minimum atomic E-state index is -0.844. The minimum Gasteiger partial charge on any atom is -0.478 e. The van der Waals surface area contributed by atoms with Gasteiger partial charge in [-0.25, -0.2) is 4.79 Å². The Bertz CT molecular complexity index is 443. The molecule has 0 bridgehead atoms. The molecule has 4 nitrogen and oxygen atoms in total. The molecule has 0 unspecified atom stereocenters. The van der Waals surface area contributed by atoms with Gasteiger partial charge in [-0.3, -0.25) is 0 Å². The summed E-state index contributed by atoms with van der Waals surface area (Å²) in [6.07, 6.45) is 2.09. The van der Waals surface area contributed by atoms with Gasteiger partial charge in [0.2, 0.25) is 0 Å². The Morgan fingerprint density at radius 1 is 1.44 bits per heavy atom. The van der Waals surface area contributed by atoms with Crippen LogP contribution in [0.5, 0.6) is 0 Å². The van der Waals surface area contributed by atoms with Gasteiger partial charge in [-0.2, -0.15) is 0 Å². The highest BCUT2D eigenvalue weighted by atomic mass is 16.4. The molecule has 1 aliphatic rings. The quantitative estimate of drug-likeness (QED) is 0.861. The third-order valence-electron chi connectivity index (χ3n) is 3.35. The molecule has 0 atom stereocenters. The van der Waals surface area contributed by atoms with Gasteiger partial charge in [-0.05, 0) is 57.2 Å². The van der Waals surface area contributed by atoms with Crippen molar-refractivity contribution in [1.82, 2.24) is 4.90 Å². The standard InChI is InChI=1S/C14H20N2O2/c1-15(2)7-3-8-16-9-6-11-10-12(14(17)18)4-5-13(11)16/h4-5,10H,3,6-9H2,1-2H3,(H,17,18). The van der Waals surface area contributed by atoms with Crippen molar-refractivity contribution < 1.29 is 9.90 Å². The van der Waals surface area contributed by atoms with Crippen LogP contribution in [0.25, 0.3) is 0 Å². The Kier molecular flexibility index (Phi) is 3.87. The molecule has 4 heteroatoms. The summed E-state index contributed by atoms with van der Waals surface area (Å²) in [5, 5.41) is 8.97. The number of hydrogen-bond donors (Lipinski definition) is 1. The van der Waals surface area contributed by atoms with E-state index in [1.807, 2.05) is 12.1 Å². The van der Waals surface area contributed by atoms with Crippen LogP contribution in [-0.2, 0) is 6.42 Å². The Morgan fingerprint density at radius 3 is 2.89 bits per heavy atom. The van der Waals surface area contributed by atoms with E-state index >= 15 is 0 Å². The SMILES string of the molecule is CN(C)CCCN1CCc2cc(C(=O)O)ccc21. The van der Waals surface area contributed by atoms with E-state index in [-0.39, 0.29) is 0 Å². The van der Waals surface area contributed by atoms with Crippen molar-refractivity contribution in [2.24, 2.45) is 0 Å². The van der Waals surface area contributed by atoms with Crippen molar-refractivity contribution >= 4 is 11.7 Å². The molecule has 0 amide bonds. The lowest BCUT2D eigenvalue weighted by molar-refractivity contribution is 0.0697. The highest BCUT2D eigenvalue weighted by Gasteiger charge is 2.19. The van der Waals surface area contributed by atoms with E-state index in [1.54, 1.807) is 6.07 Å². The number of fused-ring (bicyclic) bond motifs is 1. The summed E-state index contributed by atoms with van der Waals surface area (Å²) in [6.45, 7) is 3.13. The number of anilines is 1. The van der Waals surface area contributed by atoms with E-state index < -0.39 is 5.97 Å². The van der Waals surface area contributed by atoms with Gasteiger partial charge in [0.25, 0.3) is 0 Å². The van der Waals surface area contributed by atoms with E-state index in [4.69, 9.17) is 5.11 Å². The molecule has 0 spiro atoms. The summed E-state index contributed by atoms with van der Waals surface area (Å²) in [6, 6.07) is 5.45. The Labute approximate surface area is 108 Å². The smallest absolute Gasteiger partial charge is 0.335 e. The molecule has 98 valence electrons. The molecule has 0 saturated heterocycles. The Morgan fingerprint density at radius 2 is 2.22 bits per heavy atom. The summed E-state index contributed by atoms with van der Waals surface area (Å²) in [7, 11) is 4.16. The van der Waals surface area contributed by atoms with Crippen LogP contribution in [0.1, 0.15) is 22.3 Å². The number of carbonyl (C=O) groups is 1. The number of carboxylic acid groups (broad SMARTS) is 1. The van der Waals surface area contributed by atoms with Crippen molar-refractivity contribution in [2.45, 2.75) is 12.8 Å². The van der Waals surface area contributed by atoms with Gasteiger partial charge in [0.05, 0.1) is 5.56 Å². The second-order valence-electron chi connectivity index (χ2n) is 5.04. The largest absolute Gasteiger partial charge is 0.478 e. The van der Waals surface area contributed by atoms with Crippen LogP contribution in [-0.4, -0.2) is 49.7 Å². The molecule has 1 aromatic rings. The van der Waals surface area contributed by atoms with E-state index in [0.29, 0.717) is 5.56 Å². The molecule has 0 fully saturated rings. The van der Waals surface area contributed by atoms with Crippen LogP contribution in [0.15, 0.2) is 18.2 Å². The lowest BCUT2D eigenvalue weighted by Gasteiger charge is -2.20. The molecule has 1 aliphatic heterocycles. The molecular formula is C14H20N2O2. The molecule has 0 saturated carbocycles. The van der Waals surface area contributed by atoms with Gasteiger partial charge in [0, 0.05) is 18.8 Å². The zero-order valence-electron chi connectivity index (χ0n) is 11.0. The highest BCUT2D eigenvalue weighted by molar-refractivity contribution is 5.88. The monoisotopic (exact) mass is 248 g/mol. The van der Waals surface area contributed by atoms with Crippen LogP contribution in [0.3, 0.4) is 0 Å². The third kappa shape index (κ3) is 2.82. The Hall–Kier alpha value is -1.55. The first-order chi connectivity index (χ1) is 8.58. The number of benzene rings is 1. The normalized spacial score (nSPS) is 14.1. The lowest BCUT2D eigenvalue weighted by Crippen LogP contribution is -2.25. The molecule has 18 heavy (non-hydrogen) atoms. The van der Waals surface area contributed by atoms with Crippen molar-refractivity contribution in [3.8, 4) is 0 Å². The average Bonchev–Trinajstić information content (AvgIpc) is 2.71. The zero-order chi connectivity index (χ0) is 13.1. The maximum atomic E-state index is 10.9. The summed E-state index contributed by atoms with van der Waals surface area (Å²) >= 11 is 0. The van der Waals surface area contributed by atoms with Crippen LogP contribution in [0, 0.1) is 0 Å². The summed E-state index contributed by atoms with van der Waals surface area (Å²) < 4.78 is 0. The topological polar surface area (TPSA) is 43.8 Å². The van der Waals surface area contributed by atoms with E-state index in [9.17, 15) is 4.79 Å². The number of aromatic carboxylic acids is 1. The van der Waals surface area contributed by atoms with Crippen LogP contribution in [0.2, 0.25) is 0 Å². The van der Waals surface area contributed by atoms with E-state index in [0.717, 1.165) is 32.5 Å². The predicted molar refractivity (Wildman–Crippen MR) is 72.5 cm³/mol. The minimum absolute atomic E-state index is 0.392. The third-order valence-corrected chi connectivity index (χ3v) is 3.35. The van der Waals surface area contributed by atoms with Gasteiger partial charge in [0.15, 0.2) is 0 Å². The zero-order valence-corrected chi connectivity index (χ0v) is 11.0. The predicted octanol–water partition coefficient (Wildman–Crippen LogP) is 1.70. The lowest BCUT2D eigenvalue weighted by atomic mass is 10.1. The molecule has 0 aliphatic carbocycles. The fourth-order valence-corrected chi connectivity index (χ4v) is 2.41. The molecule has 0 aromatic heterocycles. The Balaban J connectivity index is 2.02.